The van der Waals surface area contributed by atoms with Crippen LogP contribution < -0.4 is 10.6 Å². The van der Waals surface area contributed by atoms with Gasteiger partial charge in [-0.05, 0) is 48.2 Å². The third-order valence-corrected chi connectivity index (χ3v) is 4.54. The molecule has 1 saturated heterocycles. The van der Waals surface area contributed by atoms with Crippen LogP contribution in [0.3, 0.4) is 0 Å². The zero-order valence-electron chi connectivity index (χ0n) is 15.1. The second-order valence-electron chi connectivity index (χ2n) is 6.65. The first-order valence-electron chi connectivity index (χ1n) is 9.13. The van der Waals surface area contributed by atoms with Crippen LogP contribution in [-0.4, -0.2) is 36.2 Å². The van der Waals surface area contributed by atoms with Crippen molar-refractivity contribution in [3.63, 3.8) is 0 Å². The van der Waals surface area contributed by atoms with Gasteiger partial charge in [0.2, 0.25) is 0 Å². The van der Waals surface area contributed by atoms with Gasteiger partial charge in [-0.2, -0.15) is 0 Å². The number of nitrogens with one attached hydrogen (secondary N) is 2. The van der Waals surface area contributed by atoms with Gasteiger partial charge in [0.15, 0.2) is 0 Å². The van der Waals surface area contributed by atoms with Crippen molar-refractivity contribution in [1.29, 1.82) is 0 Å². The molecule has 0 aliphatic carbocycles. The van der Waals surface area contributed by atoms with E-state index in [-0.39, 0.29) is 17.6 Å². The molecular weight excluding hydrogens is 344 g/mol. The molecule has 1 fully saturated rings. The summed E-state index contributed by atoms with van der Waals surface area (Å²) in [6, 6.07) is 14.3. The number of aromatic carboxylic acids is 1. The lowest BCUT2D eigenvalue weighted by Crippen LogP contribution is -2.31. The van der Waals surface area contributed by atoms with Crippen molar-refractivity contribution >= 4 is 11.9 Å². The molecule has 3 N–H and O–H groups in total. The second-order valence-corrected chi connectivity index (χ2v) is 6.65. The number of rotatable bonds is 8. The monoisotopic (exact) mass is 368 g/mol. The largest absolute Gasteiger partial charge is 0.478 e. The number of carboxylic acids is 1. The van der Waals surface area contributed by atoms with E-state index in [0.717, 1.165) is 30.6 Å². The number of carboxylic acid groups (broad SMARTS) is 1. The van der Waals surface area contributed by atoms with Crippen LogP contribution >= 0.6 is 0 Å². The molecule has 0 saturated carbocycles. The summed E-state index contributed by atoms with van der Waals surface area (Å²) in [6.07, 6.45) is 2.17. The fourth-order valence-corrected chi connectivity index (χ4v) is 3.10. The van der Waals surface area contributed by atoms with Gasteiger partial charge < -0.3 is 20.5 Å². The molecule has 142 valence electrons. The minimum atomic E-state index is -0.932. The maximum atomic E-state index is 12.3. The first kappa shape index (κ1) is 19.1. The van der Waals surface area contributed by atoms with E-state index < -0.39 is 5.97 Å². The quantitative estimate of drug-likeness (QED) is 0.667. The van der Waals surface area contributed by atoms with E-state index >= 15 is 0 Å². The van der Waals surface area contributed by atoms with Gasteiger partial charge in [-0.15, -0.1) is 0 Å². The molecule has 6 nitrogen and oxygen atoms in total. The molecular formula is C21H24N2O4. The van der Waals surface area contributed by atoms with Crippen LogP contribution in [-0.2, 0) is 17.8 Å². The maximum absolute atomic E-state index is 12.3. The van der Waals surface area contributed by atoms with Gasteiger partial charge in [0, 0.05) is 31.8 Å². The van der Waals surface area contributed by atoms with Crippen LogP contribution in [0.5, 0.6) is 0 Å². The number of amides is 1. The highest BCUT2D eigenvalue weighted by atomic mass is 16.5. The van der Waals surface area contributed by atoms with Gasteiger partial charge in [-0.25, -0.2) is 4.79 Å². The predicted octanol–water partition coefficient (Wildman–Crippen LogP) is 2.58. The van der Waals surface area contributed by atoms with Crippen LogP contribution in [0.4, 0.5) is 0 Å². The molecule has 1 unspecified atom stereocenters. The highest BCUT2D eigenvalue weighted by Crippen LogP contribution is 2.11. The fraction of sp³-hybridized carbons (Fsp3) is 0.333. The zero-order valence-corrected chi connectivity index (χ0v) is 15.1. The van der Waals surface area contributed by atoms with Crippen LogP contribution in [0.15, 0.2) is 48.5 Å². The molecule has 0 bridgehead atoms. The lowest BCUT2D eigenvalue weighted by atomic mass is 10.1. The van der Waals surface area contributed by atoms with E-state index in [0.29, 0.717) is 25.2 Å². The highest BCUT2D eigenvalue weighted by Gasteiger charge is 2.16. The first-order valence-corrected chi connectivity index (χ1v) is 9.13. The number of ether oxygens (including phenoxy) is 1. The van der Waals surface area contributed by atoms with Crippen molar-refractivity contribution in [3.05, 3.63) is 70.8 Å². The Kier molecular flexibility index (Phi) is 6.57. The van der Waals surface area contributed by atoms with Crippen molar-refractivity contribution in [2.24, 2.45) is 0 Å². The highest BCUT2D eigenvalue weighted by molar-refractivity contribution is 5.94. The third-order valence-electron chi connectivity index (χ3n) is 4.54. The van der Waals surface area contributed by atoms with Crippen molar-refractivity contribution in [1.82, 2.24) is 10.6 Å². The topological polar surface area (TPSA) is 87.7 Å². The molecule has 1 heterocycles. The van der Waals surface area contributed by atoms with E-state index in [9.17, 15) is 9.59 Å². The van der Waals surface area contributed by atoms with E-state index in [4.69, 9.17) is 9.84 Å². The number of hydrogen-bond acceptors (Lipinski definition) is 4. The molecule has 1 amide bonds. The number of benzene rings is 2. The third kappa shape index (κ3) is 5.64. The van der Waals surface area contributed by atoms with Crippen molar-refractivity contribution in [2.45, 2.75) is 32.0 Å². The van der Waals surface area contributed by atoms with Crippen LogP contribution in [0.25, 0.3) is 0 Å². The predicted molar refractivity (Wildman–Crippen MR) is 102 cm³/mol. The number of carbonyl (C=O) groups is 2. The minimum Gasteiger partial charge on any atom is -0.478 e. The van der Waals surface area contributed by atoms with Crippen molar-refractivity contribution in [3.8, 4) is 0 Å². The Hall–Kier alpha value is -2.70. The van der Waals surface area contributed by atoms with Gasteiger partial charge >= 0.3 is 5.97 Å². The lowest BCUT2D eigenvalue weighted by molar-refractivity contribution is 0.0696. The summed E-state index contributed by atoms with van der Waals surface area (Å²) in [5.74, 6) is -1.03. The standard InChI is InChI=1S/C21H24N2O4/c24-20(23-14-19-8-3-9-27-19)17-6-1-4-15(10-17)12-22-13-16-5-2-7-18(11-16)21(25)26/h1-2,4-7,10-11,19,22H,3,8-9,12-14H2,(H,23,24)(H,25,26). The van der Waals surface area contributed by atoms with Gasteiger partial charge in [-0.3, -0.25) is 4.79 Å². The summed E-state index contributed by atoms with van der Waals surface area (Å²) < 4.78 is 5.52. The smallest absolute Gasteiger partial charge is 0.335 e. The van der Waals surface area contributed by atoms with E-state index in [1.54, 1.807) is 24.3 Å². The average molecular weight is 368 g/mol. The van der Waals surface area contributed by atoms with E-state index in [2.05, 4.69) is 10.6 Å². The lowest BCUT2D eigenvalue weighted by Gasteiger charge is -2.11. The van der Waals surface area contributed by atoms with E-state index in [1.807, 2.05) is 24.3 Å². The molecule has 0 radical (unpaired) electrons. The molecule has 0 aromatic heterocycles. The summed E-state index contributed by atoms with van der Waals surface area (Å²) >= 11 is 0. The Balaban J connectivity index is 1.50. The van der Waals surface area contributed by atoms with Gasteiger partial charge in [-0.1, -0.05) is 24.3 Å². The van der Waals surface area contributed by atoms with Gasteiger partial charge in [0.05, 0.1) is 11.7 Å². The minimum absolute atomic E-state index is 0.0958. The summed E-state index contributed by atoms with van der Waals surface area (Å²) in [4.78, 5) is 23.3. The molecule has 1 aliphatic rings. The fourth-order valence-electron chi connectivity index (χ4n) is 3.10. The Morgan fingerprint density at radius 2 is 1.70 bits per heavy atom. The second kappa shape index (κ2) is 9.30. The first-order chi connectivity index (χ1) is 13.1. The summed E-state index contributed by atoms with van der Waals surface area (Å²) in [7, 11) is 0. The molecule has 1 aliphatic heterocycles. The summed E-state index contributed by atoms with van der Waals surface area (Å²) in [5, 5.41) is 15.3. The van der Waals surface area contributed by atoms with Crippen LogP contribution in [0.2, 0.25) is 0 Å². The van der Waals surface area contributed by atoms with Gasteiger partial charge in [0.1, 0.15) is 0 Å². The Morgan fingerprint density at radius 1 is 1.04 bits per heavy atom. The summed E-state index contributed by atoms with van der Waals surface area (Å²) in [5.41, 5.74) is 2.80. The van der Waals surface area contributed by atoms with Gasteiger partial charge in [0.25, 0.3) is 5.91 Å². The van der Waals surface area contributed by atoms with Crippen LogP contribution in [0.1, 0.15) is 44.7 Å². The van der Waals surface area contributed by atoms with Crippen molar-refractivity contribution < 1.29 is 19.4 Å². The number of hydrogen-bond donors (Lipinski definition) is 3. The molecule has 1 atom stereocenters. The Bertz CT molecular complexity index is 800. The molecule has 6 heteroatoms. The molecule has 0 spiro atoms. The molecule has 3 rings (SSSR count). The Labute approximate surface area is 158 Å². The SMILES string of the molecule is O=C(O)c1cccc(CNCc2cccc(C(=O)NCC3CCCO3)c2)c1. The van der Waals surface area contributed by atoms with E-state index in [1.165, 1.54) is 0 Å². The molecule has 27 heavy (non-hydrogen) atoms. The average Bonchev–Trinajstić information content (AvgIpc) is 3.20. The maximum Gasteiger partial charge on any atom is 0.335 e. The normalized spacial score (nSPS) is 16.2. The van der Waals surface area contributed by atoms with Crippen molar-refractivity contribution in [2.75, 3.05) is 13.2 Å². The zero-order chi connectivity index (χ0) is 19.1. The molecule has 2 aromatic rings. The molecule has 2 aromatic carbocycles. The summed E-state index contributed by atoms with van der Waals surface area (Å²) in [6.45, 7) is 2.46. The van der Waals surface area contributed by atoms with Crippen LogP contribution in [0, 0.1) is 0 Å². The Morgan fingerprint density at radius 3 is 2.33 bits per heavy atom. The number of carbonyl (C=O) groups excluding carboxylic acids is 1.